The van der Waals surface area contributed by atoms with E-state index in [1.54, 1.807) is 11.9 Å². The van der Waals surface area contributed by atoms with Gasteiger partial charge in [-0.2, -0.15) is 5.26 Å². The van der Waals surface area contributed by atoms with Gasteiger partial charge in [0, 0.05) is 24.8 Å². The minimum Gasteiger partial charge on any atom is -0.341 e. The van der Waals surface area contributed by atoms with Crippen molar-refractivity contribution >= 4 is 28.8 Å². The number of hydrogen-bond donors (Lipinski definition) is 0. The van der Waals surface area contributed by atoms with Crippen LogP contribution in [-0.4, -0.2) is 17.9 Å². The van der Waals surface area contributed by atoms with Crippen molar-refractivity contribution in [1.29, 1.82) is 5.26 Å². The normalized spacial score (nSPS) is 9.67. The lowest BCUT2D eigenvalue weighted by molar-refractivity contribution is -0.130. The zero-order valence-corrected chi connectivity index (χ0v) is 9.94. The van der Waals surface area contributed by atoms with E-state index >= 15 is 0 Å². The van der Waals surface area contributed by atoms with Gasteiger partial charge < -0.3 is 4.90 Å². The molecule has 0 N–H and O–H groups in total. The Morgan fingerprint density at radius 3 is 2.93 bits per heavy atom. The highest BCUT2D eigenvalue weighted by molar-refractivity contribution is 7.16. The quantitative estimate of drug-likeness (QED) is 0.815. The highest BCUT2D eigenvalue weighted by atomic mass is 35.5. The molecule has 0 bridgehead atoms. The van der Waals surface area contributed by atoms with Crippen LogP contribution in [0.25, 0.3) is 0 Å². The van der Waals surface area contributed by atoms with Gasteiger partial charge in [-0.15, -0.1) is 11.3 Å². The Labute approximate surface area is 97.9 Å². The van der Waals surface area contributed by atoms with E-state index in [4.69, 9.17) is 16.9 Å². The van der Waals surface area contributed by atoms with Crippen LogP contribution in [0.2, 0.25) is 4.34 Å². The summed E-state index contributed by atoms with van der Waals surface area (Å²) in [6.07, 6.45) is 0.556. The Bertz CT molecular complexity index is 383. The molecule has 1 heterocycles. The molecule has 0 fully saturated rings. The van der Waals surface area contributed by atoms with Gasteiger partial charge in [-0.25, -0.2) is 0 Å². The van der Waals surface area contributed by atoms with Crippen molar-refractivity contribution in [3.05, 3.63) is 21.3 Å². The second-order valence-electron chi connectivity index (χ2n) is 3.11. The van der Waals surface area contributed by atoms with Crippen LogP contribution < -0.4 is 0 Å². The van der Waals surface area contributed by atoms with Crippen molar-refractivity contribution in [3.63, 3.8) is 0 Å². The smallest absolute Gasteiger partial charge is 0.223 e. The first-order chi connectivity index (χ1) is 7.13. The molecule has 0 atom stereocenters. The first-order valence-electron chi connectivity index (χ1n) is 4.48. The molecule has 1 aromatic heterocycles. The largest absolute Gasteiger partial charge is 0.341 e. The maximum Gasteiger partial charge on any atom is 0.223 e. The van der Waals surface area contributed by atoms with Crippen LogP contribution in [0.4, 0.5) is 0 Å². The van der Waals surface area contributed by atoms with E-state index in [9.17, 15) is 4.79 Å². The van der Waals surface area contributed by atoms with Gasteiger partial charge in [0.1, 0.15) is 0 Å². The molecule has 0 unspecified atom stereocenters. The van der Waals surface area contributed by atoms with Gasteiger partial charge in [0.05, 0.1) is 17.0 Å². The zero-order chi connectivity index (χ0) is 11.3. The predicted molar refractivity (Wildman–Crippen MR) is 60.7 cm³/mol. The molecule has 0 spiro atoms. The van der Waals surface area contributed by atoms with Crippen molar-refractivity contribution in [3.8, 4) is 6.07 Å². The van der Waals surface area contributed by atoms with Gasteiger partial charge in [0.25, 0.3) is 0 Å². The van der Waals surface area contributed by atoms with Gasteiger partial charge in [-0.3, -0.25) is 4.79 Å². The Kier molecular flexibility index (Phi) is 4.60. The minimum atomic E-state index is -0.0129. The van der Waals surface area contributed by atoms with Crippen LogP contribution in [0, 0.1) is 11.3 Å². The third-order valence-corrected chi connectivity index (χ3v) is 3.11. The van der Waals surface area contributed by atoms with E-state index in [-0.39, 0.29) is 18.7 Å². The number of nitrogens with zero attached hydrogens (tertiary/aromatic N) is 2. The van der Waals surface area contributed by atoms with Crippen molar-refractivity contribution in [2.75, 3.05) is 7.05 Å². The molecule has 3 nitrogen and oxygen atoms in total. The predicted octanol–water partition coefficient (Wildman–Crippen LogP) is 2.66. The molecular formula is C10H11ClN2OS. The molecule has 1 amide bonds. The van der Waals surface area contributed by atoms with E-state index in [0.717, 1.165) is 9.21 Å². The molecule has 0 aliphatic heterocycles. The second-order valence-corrected chi connectivity index (χ2v) is 4.91. The molecule has 1 aromatic rings. The van der Waals surface area contributed by atoms with Crippen LogP contribution in [0.5, 0.6) is 0 Å². The van der Waals surface area contributed by atoms with E-state index in [1.165, 1.54) is 11.3 Å². The summed E-state index contributed by atoms with van der Waals surface area (Å²) < 4.78 is 0.725. The summed E-state index contributed by atoms with van der Waals surface area (Å²) in [7, 11) is 1.73. The summed E-state index contributed by atoms with van der Waals surface area (Å²) >= 11 is 7.24. The van der Waals surface area contributed by atoms with Crippen molar-refractivity contribution in [2.24, 2.45) is 0 Å². The number of carbonyl (C=O) groups is 1. The number of amides is 1. The maximum atomic E-state index is 11.5. The third kappa shape index (κ3) is 3.90. The number of carbonyl (C=O) groups excluding carboxylic acids is 1. The van der Waals surface area contributed by atoms with E-state index in [1.807, 2.05) is 18.2 Å². The molecule has 0 aromatic carbocycles. The summed E-state index contributed by atoms with van der Waals surface area (Å²) in [5, 5.41) is 8.35. The Morgan fingerprint density at radius 2 is 2.40 bits per heavy atom. The molecule has 0 aliphatic carbocycles. The average molecular weight is 243 g/mol. The summed E-state index contributed by atoms with van der Waals surface area (Å²) in [6.45, 7) is 0.557. The Morgan fingerprint density at radius 1 is 1.67 bits per heavy atom. The molecule has 0 aliphatic rings. The molecule has 0 saturated carbocycles. The molecule has 1 rings (SSSR count). The van der Waals surface area contributed by atoms with Crippen molar-refractivity contribution in [1.82, 2.24) is 4.90 Å². The maximum absolute atomic E-state index is 11.5. The van der Waals surface area contributed by atoms with E-state index < -0.39 is 0 Å². The lowest BCUT2D eigenvalue weighted by atomic mass is 10.3. The standard InChI is InChI=1S/C10H11ClN2OS/c1-13(10(14)3-2-6-12)7-8-4-5-9(11)15-8/h4-5H,2-3,7H2,1H3. The topological polar surface area (TPSA) is 44.1 Å². The first-order valence-corrected chi connectivity index (χ1v) is 5.68. The molecule has 0 radical (unpaired) electrons. The van der Waals surface area contributed by atoms with Crippen LogP contribution >= 0.6 is 22.9 Å². The summed E-state index contributed by atoms with van der Waals surface area (Å²) in [5.74, 6) is -0.0129. The van der Waals surface area contributed by atoms with Crippen LogP contribution in [0.15, 0.2) is 12.1 Å². The van der Waals surface area contributed by atoms with E-state index in [0.29, 0.717) is 6.54 Å². The van der Waals surface area contributed by atoms with Gasteiger partial charge >= 0.3 is 0 Å². The third-order valence-electron chi connectivity index (χ3n) is 1.90. The average Bonchev–Trinajstić information content (AvgIpc) is 2.60. The fourth-order valence-electron chi connectivity index (χ4n) is 1.11. The van der Waals surface area contributed by atoms with Crippen LogP contribution in [0.3, 0.4) is 0 Å². The first kappa shape index (κ1) is 12.0. The summed E-state index contributed by atoms with van der Waals surface area (Å²) in [4.78, 5) is 14.1. The number of hydrogen-bond acceptors (Lipinski definition) is 3. The van der Waals surface area contributed by atoms with Crippen molar-refractivity contribution < 1.29 is 4.79 Å². The molecular weight excluding hydrogens is 232 g/mol. The number of halogens is 1. The second kappa shape index (κ2) is 5.74. The summed E-state index contributed by atoms with van der Waals surface area (Å²) in [6, 6.07) is 5.67. The zero-order valence-electron chi connectivity index (χ0n) is 8.36. The Hall–Kier alpha value is -1.05. The number of nitriles is 1. The highest BCUT2D eigenvalue weighted by Gasteiger charge is 2.09. The molecule has 15 heavy (non-hydrogen) atoms. The Balaban J connectivity index is 2.45. The monoisotopic (exact) mass is 242 g/mol. The minimum absolute atomic E-state index is 0.0129. The van der Waals surface area contributed by atoms with E-state index in [2.05, 4.69) is 0 Å². The summed E-state index contributed by atoms with van der Waals surface area (Å²) in [5.41, 5.74) is 0. The van der Waals surface area contributed by atoms with Gasteiger partial charge in [0.15, 0.2) is 0 Å². The molecule has 5 heteroatoms. The lowest BCUT2D eigenvalue weighted by Gasteiger charge is -2.15. The van der Waals surface area contributed by atoms with Crippen LogP contribution in [-0.2, 0) is 11.3 Å². The lowest BCUT2D eigenvalue weighted by Crippen LogP contribution is -2.25. The van der Waals surface area contributed by atoms with Gasteiger partial charge in [-0.1, -0.05) is 11.6 Å². The SMILES string of the molecule is CN(Cc1ccc(Cl)s1)C(=O)CCC#N. The fourth-order valence-corrected chi connectivity index (χ4v) is 2.25. The van der Waals surface area contributed by atoms with Crippen molar-refractivity contribution in [2.45, 2.75) is 19.4 Å². The number of rotatable bonds is 4. The number of thiophene rings is 1. The van der Waals surface area contributed by atoms with Gasteiger partial charge in [-0.05, 0) is 12.1 Å². The highest BCUT2D eigenvalue weighted by Crippen LogP contribution is 2.22. The molecule has 0 saturated heterocycles. The van der Waals surface area contributed by atoms with Crippen LogP contribution in [0.1, 0.15) is 17.7 Å². The fraction of sp³-hybridized carbons (Fsp3) is 0.400. The molecule has 80 valence electrons. The van der Waals surface area contributed by atoms with Gasteiger partial charge in [0.2, 0.25) is 5.91 Å².